The molecule has 504 valence electrons. The molecule has 94 heavy (non-hydrogen) atoms. The van der Waals surface area contributed by atoms with Crippen LogP contribution in [0, 0.1) is 52.4 Å². The molecule has 6 aromatic carbocycles. The first-order chi connectivity index (χ1) is 44.3. The van der Waals surface area contributed by atoms with Gasteiger partial charge in [-0.2, -0.15) is 22.8 Å². The second kappa shape index (κ2) is 35.5. The molecule has 2 heterocycles. The van der Waals surface area contributed by atoms with Gasteiger partial charge in [0.05, 0.1) is 8.95 Å². The van der Waals surface area contributed by atoms with Gasteiger partial charge in [0.2, 0.25) is 0 Å². The molecule has 0 fully saturated rings. The van der Waals surface area contributed by atoms with Crippen LogP contribution < -0.4 is 9.97 Å². The van der Waals surface area contributed by atoms with Crippen molar-refractivity contribution >= 4 is 107 Å². The Morgan fingerprint density at radius 2 is 0.830 bits per heavy atom. The average Bonchev–Trinajstić information content (AvgIpc) is 0.828. The molecule has 0 radical (unpaired) electrons. The Morgan fingerprint density at radius 1 is 0.479 bits per heavy atom. The summed E-state index contributed by atoms with van der Waals surface area (Å²) in [7, 11) is 0. The Balaban J connectivity index is 0.000000168. The quantitative estimate of drug-likeness (QED) is 0.172. The third-order valence-electron chi connectivity index (χ3n) is 16.4. The van der Waals surface area contributed by atoms with E-state index in [1.165, 1.54) is 139 Å². The number of hydrogen-bond donors (Lipinski definition) is 2. The molecule has 4 aliphatic carbocycles. The number of aromatic nitrogens is 2. The summed E-state index contributed by atoms with van der Waals surface area (Å²) in [6.07, 6.45) is 14.6. The molecule has 0 unspecified atom stereocenters. The van der Waals surface area contributed by atoms with Crippen LogP contribution in [0.4, 0.5) is 24.5 Å². The van der Waals surface area contributed by atoms with Crippen LogP contribution >= 0.6 is 86.9 Å². The maximum atomic E-state index is 12.7. The van der Waals surface area contributed by atoms with Gasteiger partial charge >= 0.3 is 216 Å². The third kappa shape index (κ3) is 22.0. The summed E-state index contributed by atoms with van der Waals surface area (Å²) < 4.78 is 54.9. The largest absolute Gasteiger partial charge is 0.665 e. The molecular weight excluding hydrogens is 1740 g/mol. The first-order valence-electron chi connectivity index (χ1n) is 32.2. The number of aryl methyl sites for hydroxylation is 8. The van der Waals surface area contributed by atoms with Crippen LogP contribution in [0.15, 0.2) is 116 Å². The molecule has 0 saturated carbocycles. The van der Waals surface area contributed by atoms with Gasteiger partial charge < -0.3 is 20.2 Å². The summed E-state index contributed by atoms with van der Waals surface area (Å²) >= 11 is 25.0. The second-order valence-electron chi connectivity index (χ2n) is 26.7. The minimum Gasteiger partial charge on any atom is -0.665 e. The van der Waals surface area contributed by atoms with Gasteiger partial charge in [0, 0.05) is 20.1 Å². The normalized spacial score (nSPS) is 13.8. The molecule has 8 aromatic rings. The van der Waals surface area contributed by atoms with Gasteiger partial charge in [0.15, 0.2) is 0 Å². The van der Waals surface area contributed by atoms with E-state index in [-0.39, 0.29) is 16.5 Å². The van der Waals surface area contributed by atoms with E-state index in [1.54, 1.807) is 6.07 Å². The van der Waals surface area contributed by atoms with E-state index in [9.17, 15) is 23.4 Å². The number of aromatic hydroxyl groups is 2. The number of fused-ring (bicyclic) bond motifs is 4. The zero-order valence-corrected chi connectivity index (χ0v) is 68.8. The Morgan fingerprint density at radius 3 is 1.17 bits per heavy atom. The number of hydrogen-bond acceptors (Lipinski definition) is 4. The van der Waals surface area contributed by atoms with Crippen molar-refractivity contribution in [2.24, 2.45) is 17.8 Å². The molecule has 17 heteroatoms. The zero-order valence-electron chi connectivity index (χ0n) is 56.0. The van der Waals surface area contributed by atoms with Crippen molar-refractivity contribution in [1.29, 1.82) is 0 Å². The number of halogens is 9. The summed E-state index contributed by atoms with van der Waals surface area (Å²) in [6.45, 7) is 24.9. The van der Waals surface area contributed by atoms with Crippen LogP contribution in [0.2, 0.25) is 10.0 Å². The number of rotatable bonds is 4. The molecular formula is C77H87Br4Cl2F3MoN4O2W-2. The van der Waals surface area contributed by atoms with Crippen LogP contribution in [-0.4, -0.2) is 19.0 Å². The predicted octanol–water partition coefficient (Wildman–Crippen LogP) is 25.0. The number of phenols is 2. The topological polar surface area (TPSA) is 93.4 Å². The zero-order chi connectivity index (χ0) is 68.8. The molecule has 12 rings (SSSR count). The van der Waals surface area contributed by atoms with Gasteiger partial charge in [-0.25, -0.2) is 0 Å². The van der Waals surface area contributed by atoms with Crippen LogP contribution in [-0.2, 0) is 93.4 Å². The molecule has 0 spiro atoms. The van der Waals surface area contributed by atoms with E-state index in [0.717, 1.165) is 106 Å². The Labute approximate surface area is 616 Å². The van der Waals surface area contributed by atoms with E-state index in [1.807, 2.05) is 95.3 Å². The van der Waals surface area contributed by atoms with Crippen molar-refractivity contribution in [3.8, 4) is 33.8 Å². The molecule has 2 aromatic heterocycles. The third-order valence-corrected chi connectivity index (χ3v) is 26.6. The molecule has 0 aliphatic heterocycles. The van der Waals surface area contributed by atoms with E-state index in [0.29, 0.717) is 21.5 Å². The minimum absolute atomic E-state index is 0.0128. The number of phenolic OH excluding ortho intramolecular Hbond substituents is 2. The Bertz CT molecular complexity index is 3740. The molecule has 0 atom stereocenters. The maximum absolute atomic E-state index is 12.7. The van der Waals surface area contributed by atoms with Gasteiger partial charge in [-0.1, -0.05) is 83.8 Å². The smallest absolute Gasteiger partial charge is 0.137 e. The number of alkyl halides is 3. The van der Waals surface area contributed by atoms with Gasteiger partial charge in [-0.15, -0.1) is 0 Å². The maximum Gasteiger partial charge on any atom is 0.137 e. The van der Waals surface area contributed by atoms with Crippen LogP contribution in [0.5, 0.6) is 11.5 Å². The van der Waals surface area contributed by atoms with Gasteiger partial charge in [-0.3, -0.25) is 0 Å². The Kier molecular flexibility index (Phi) is 29.4. The van der Waals surface area contributed by atoms with Crippen molar-refractivity contribution in [2.45, 2.75) is 192 Å². The summed E-state index contributed by atoms with van der Waals surface area (Å²) in [5.74, 6) is 0.842. The summed E-state index contributed by atoms with van der Waals surface area (Å²) in [6, 6.07) is 27.8. The van der Waals surface area contributed by atoms with E-state index in [2.05, 4.69) is 144 Å². The van der Waals surface area contributed by atoms with Crippen molar-refractivity contribution in [1.82, 2.24) is 9.97 Å². The van der Waals surface area contributed by atoms with Crippen molar-refractivity contribution in [2.75, 3.05) is 0 Å². The van der Waals surface area contributed by atoms with Gasteiger partial charge in [0.1, 0.15) is 11.5 Å². The minimum atomic E-state index is -4.32. The van der Waals surface area contributed by atoms with Gasteiger partial charge in [0.25, 0.3) is 0 Å². The molecule has 2 N–H and O–H groups in total. The number of benzene rings is 6. The monoisotopic (exact) mass is 1820 g/mol. The molecule has 4 aliphatic rings. The van der Waals surface area contributed by atoms with Crippen molar-refractivity contribution in [3.05, 3.63) is 203 Å². The average molecular weight is 1830 g/mol. The Hall–Kier alpha value is -3.51. The molecule has 6 nitrogen and oxygen atoms in total. The fourth-order valence-electron chi connectivity index (χ4n) is 11.9. The summed E-state index contributed by atoms with van der Waals surface area (Å²) in [5.41, 5.74) is 23.5. The fourth-order valence-corrected chi connectivity index (χ4v) is 18.7. The summed E-state index contributed by atoms with van der Waals surface area (Å²) in [5, 5.41) is 23.2. The first-order valence-corrected chi connectivity index (χ1v) is 41.2. The molecule has 0 amide bonds. The fraction of sp³-hybridized carbons (Fsp3) is 0.403. The van der Waals surface area contributed by atoms with Crippen LogP contribution in [0.1, 0.15) is 177 Å². The second-order valence-corrected chi connectivity index (χ2v) is 34.7. The number of nitrogens with zero attached hydrogens (tertiary/aromatic N) is 4. The summed E-state index contributed by atoms with van der Waals surface area (Å²) in [4.78, 5) is 8.22. The van der Waals surface area contributed by atoms with Crippen molar-refractivity contribution < 1.29 is 59.2 Å². The standard InChI is InChI=1S/2C21H22Br2O.C7H4F3N.C6H3Cl2N.2C6H8N.2C5H10.Mo.W/c2*1-12-17(22)10-13-6-2-4-8-15(13)19(12)20-16-9-5-3-7-14(16)11-18(23)21(20)24;8-7(9,10)5-3-1-2-4-6(5)11;7-4-2-1-3-5(8)6(4)9;2*1-5-3-4-6(2)7-5;2*1-5(2,3)4;;/h2*10-11,24H,2-9H2,1H3;1-4H;1-3H;2*3-4H,1-2H3;2*1H,2-4H3;;/q;;;;2*-1;;;;. The molecule has 0 bridgehead atoms. The van der Waals surface area contributed by atoms with E-state index >= 15 is 0 Å². The predicted molar refractivity (Wildman–Crippen MR) is 396 cm³/mol. The van der Waals surface area contributed by atoms with Crippen LogP contribution in [0.25, 0.3) is 22.3 Å². The SMILES string of the molecule is CC(C)(C)[CH]=[Mo]=[N]c1ccccc1C(F)(F)F.CC(C)(C)[CH]=[W]=[N]c1c(Cl)cccc1Cl.Cc1c(Br)cc2c(c1-c1c(O)c(Br)cc3c1CCCC3)CCCC2.Cc1c(Br)cc2c(c1-c1c(O)c(Br)cc3c1CCCC3)CCCC2.Cc1ccc(C)[n-]1.Cc1ccc(C)[n-]1. The van der Waals surface area contributed by atoms with Gasteiger partial charge in [-0.05, 0) is 239 Å². The van der Waals surface area contributed by atoms with E-state index < -0.39 is 47.6 Å². The first kappa shape index (κ1) is 77.8. The molecule has 0 saturated heterocycles. The van der Waals surface area contributed by atoms with Crippen LogP contribution in [0.3, 0.4) is 0 Å². The van der Waals surface area contributed by atoms with Crippen molar-refractivity contribution in [3.63, 3.8) is 0 Å². The van der Waals surface area contributed by atoms with E-state index in [4.69, 9.17) is 23.2 Å².